The van der Waals surface area contributed by atoms with Gasteiger partial charge >= 0.3 is 0 Å². The maximum atomic E-state index is 14.0. The van der Waals surface area contributed by atoms with Crippen molar-refractivity contribution in [2.45, 2.75) is 13.0 Å². The van der Waals surface area contributed by atoms with Crippen LogP contribution in [-0.2, 0) is 4.79 Å². The first-order valence-electron chi connectivity index (χ1n) is 12.2. The minimum Gasteiger partial charge on any atom is -0.497 e. The van der Waals surface area contributed by atoms with E-state index in [1.54, 1.807) is 57.1 Å². The third kappa shape index (κ3) is 5.08. The van der Waals surface area contributed by atoms with Crippen molar-refractivity contribution in [1.82, 2.24) is 4.57 Å². The van der Waals surface area contributed by atoms with Gasteiger partial charge in [-0.3, -0.25) is 14.2 Å². The van der Waals surface area contributed by atoms with Crippen LogP contribution in [0.15, 0.2) is 93.9 Å². The van der Waals surface area contributed by atoms with Gasteiger partial charge in [0.1, 0.15) is 17.2 Å². The number of hydrogen-bond donors (Lipinski definition) is 1. The van der Waals surface area contributed by atoms with Crippen molar-refractivity contribution in [2.24, 2.45) is 4.99 Å². The number of hydrogen-bond acceptors (Lipinski definition) is 7. The van der Waals surface area contributed by atoms with Crippen LogP contribution in [0.3, 0.4) is 0 Å². The monoisotopic (exact) mass is 541 g/mol. The van der Waals surface area contributed by atoms with Crippen molar-refractivity contribution in [3.63, 3.8) is 0 Å². The SMILES string of the molecule is COc1cccc([C@H]2C(C(=O)Nc3ccccc3)=C(C)N=c3s/c(=C\c4cc(OC)ccc4OC)c(=O)n32)c1. The third-order valence-electron chi connectivity index (χ3n) is 6.43. The van der Waals surface area contributed by atoms with Gasteiger partial charge in [-0.2, -0.15) is 0 Å². The Morgan fingerprint density at radius 2 is 1.69 bits per heavy atom. The van der Waals surface area contributed by atoms with E-state index in [2.05, 4.69) is 5.32 Å². The lowest BCUT2D eigenvalue weighted by molar-refractivity contribution is -0.113. The number of aromatic nitrogens is 1. The second-order valence-corrected chi connectivity index (χ2v) is 9.80. The number of benzene rings is 3. The van der Waals surface area contributed by atoms with Gasteiger partial charge in [0, 0.05) is 11.3 Å². The summed E-state index contributed by atoms with van der Waals surface area (Å²) >= 11 is 1.25. The highest BCUT2D eigenvalue weighted by Crippen LogP contribution is 2.32. The van der Waals surface area contributed by atoms with Crippen molar-refractivity contribution in [1.29, 1.82) is 0 Å². The standard InChI is InChI=1S/C30H27N3O5S/c1-18-26(28(34)32-21-10-6-5-7-11-21)27(19-9-8-12-22(15-19)36-2)33-29(35)25(39-30(33)31-18)17-20-16-23(37-3)13-14-24(20)38-4/h5-17,27H,1-4H3,(H,32,34)/b25-17-/t27-/m0/s1. The van der Waals surface area contributed by atoms with Gasteiger partial charge in [0.15, 0.2) is 4.80 Å². The fourth-order valence-corrected chi connectivity index (χ4v) is 5.59. The molecule has 198 valence electrons. The second-order valence-electron chi connectivity index (χ2n) is 8.79. The van der Waals surface area contributed by atoms with Gasteiger partial charge in [0.25, 0.3) is 11.5 Å². The van der Waals surface area contributed by atoms with Crippen LogP contribution in [0.5, 0.6) is 17.2 Å². The van der Waals surface area contributed by atoms with Crippen LogP contribution >= 0.6 is 11.3 Å². The molecule has 8 nitrogen and oxygen atoms in total. The number of carbonyl (C=O) groups is 1. The smallest absolute Gasteiger partial charge is 0.271 e. The topological polar surface area (TPSA) is 91.2 Å². The van der Waals surface area contributed by atoms with Crippen LogP contribution in [-0.4, -0.2) is 31.8 Å². The summed E-state index contributed by atoms with van der Waals surface area (Å²) in [6.07, 6.45) is 1.76. The number of ether oxygens (including phenoxy) is 3. The van der Waals surface area contributed by atoms with Gasteiger partial charge in [-0.25, -0.2) is 4.99 Å². The maximum Gasteiger partial charge on any atom is 0.271 e. The number of allylic oxidation sites excluding steroid dienone is 1. The summed E-state index contributed by atoms with van der Waals surface area (Å²) in [5.41, 5.74) is 2.71. The molecule has 0 saturated carbocycles. The summed E-state index contributed by atoms with van der Waals surface area (Å²) in [7, 11) is 4.74. The molecule has 4 aromatic rings. The number of anilines is 1. The number of fused-ring (bicyclic) bond motifs is 1. The van der Waals surface area contributed by atoms with E-state index < -0.39 is 6.04 Å². The molecule has 1 aliphatic rings. The zero-order valence-corrected chi connectivity index (χ0v) is 22.7. The lowest BCUT2D eigenvalue weighted by atomic mass is 9.95. The maximum absolute atomic E-state index is 14.0. The van der Waals surface area contributed by atoms with Crippen LogP contribution in [0.2, 0.25) is 0 Å². The van der Waals surface area contributed by atoms with Crippen LogP contribution in [0, 0.1) is 0 Å². The lowest BCUT2D eigenvalue weighted by Gasteiger charge is -2.25. The van der Waals surface area contributed by atoms with E-state index in [-0.39, 0.29) is 11.5 Å². The lowest BCUT2D eigenvalue weighted by Crippen LogP contribution is -2.40. The Morgan fingerprint density at radius 1 is 0.949 bits per heavy atom. The average molecular weight is 542 g/mol. The summed E-state index contributed by atoms with van der Waals surface area (Å²) in [6.45, 7) is 1.79. The Hall–Kier alpha value is -4.63. The molecule has 1 amide bonds. The van der Waals surface area contributed by atoms with Crippen molar-refractivity contribution in [2.75, 3.05) is 26.6 Å². The van der Waals surface area contributed by atoms with E-state index in [1.807, 2.05) is 54.6 Å². The molecular formula is C30H27N3O5S. The highest BCUT2D eigenvalue weighted by atomic mass is 32.1. The normalized spacial score (nSPS) is 14.9. The molecule has 0 fully saturated rings. The molecule has 3 aromatic carbocycles. The number of nitrogens with one attached hydrogen (secondary N) is 1. The molecule has 0 aliphatic carbocycles. The second kappa shape index (κ2) is 11.0. The summed E-state index contributed by atoms with van der Waals surface area (Å²) in [6, 6.07) is 21.2. The van der Waals surface area contributed by atoms with Crippen LogP contribution in [0.25, 0.3) is 6.08 Å². The number of thiazole rings is 1. The minimum absolute atomic E-state index is 0.269. The van der Waals surface area contributed by atoms with E-state index in [0.717, 1.165) is 5.56 Å². The first-order chi connectivity index (χ1) is 18.9. The fourth-order valence-electron chi connectivity index (χ4n) is 4.55. The average Bonchev–Trinajstić information content (AvgIpc) is 3.26. The van der Waals surface area contributed by atoms with Crippen LogP contribution in [0.1, 0.15) is 24.1 Å². The van der Waals surface area contributed by atoms with E-state index in [9.17, 15) is 9.59 Å². The molecule has 1 atom stereocenters. The molecule has 0 unspecified atom stereocenters. The Kier molecular flexibility index (Phi) is 7.33. The number of nitrogens with zero attached hydrogens (tertiary/aromatic N) is 2. The molecule has 9 heteroatoms. The molecule has 0 bridgehead atoms. The molecule has 0 radical (unpaired) electrons. The van der Waals surface area contributed by atoms with Gasteiger partial charge in [-0.1, -0.05) is 41.7 Å². The summed E-state index contributed by atoms with van der Waals surface area (Å²) < 4.78 is 18.4. The molecule has 0 spiro atoms. The molecule has 1 aliphatic heterocycles. The van der Waals surface area contributed by atoms with E-state index >= 15 is 0 Å². The van der Waals surface area contributed by atoms with Gasteiger partial charge in [-0.05, 0) is 61.0 Å². The molecule has 1 aromatic heterocycles. The highest BCUT2D eigenvalue weighted by molar-refractivity contribution is 7.07. The Bertz CT molecular complexity index is 1760. The fraction of sp³-hybridized carbons (Fsp3) is 0.167. The minimum atomic E-state index is -0.714. The van der Waals surface area contributed by atoms with Gasteiger partial charge in [0.2, 0.25) is 0 Å². The third-order valence-corrected chi connectivity index (χ3v) is 7.41. The van der Waals surface area contributed by atoms with Gasteiger partial charge in [-0.15, -0.1) is 0 Å². The van der Waals surface area contributed by atoms with Crippen molar-refractivity contribution in [3.8, 4) is 17.2 Å². The van der Waals surface area contributed by atoms with Crippen molar-refractivity contribution < 1.29 is 19.0 Å². The Labute approximate surface area is 229 Å². The Morgan fingerprint density at radius 3 is 2.41 bits per heavy atom. The molecule has 1 N–H and O–H groups in total. The predicted octanol–water partition coefficient (Wildman–Crippen LogP) is 3.90. The molecule has 5 rings (SSSR count). The van der Waals surface area contributed by atoms with Crippen molar-refractivity contribution in [3.05, 3.63) is 115 Å². The predicted molar refractivity (Wildman–Crippen MR) is 151 cm³/mol. The number of carbonyl (C=O) groups excluding carboxylic acids is 1. The summed E-state index contributed by atoms with van der Waals surface area (Å²) in [4.78, 5) is 32.8. The molecule has 2 heterocycles. The molecule has 0 saturated heterocycles. The number of rotatable bonds is 7. The van der Waals surface area contributed by atoms with E-state index in [1.165, 1.54) is 11.3 Å². The number of para-hydroxylation sites is 1. The first-order valence-corrected chi connectivity index (χ1v) is 13.0. The van der Waals surface area contributed by atoms with Crippen LogP contribution in [0.4, 0.5) is 5.69 Å². The van der Waals surface area contributed by atoms with Gasteiger partial charge in [0.05, 0.1) is 43.2 Å². The molecule has 39 heavy (non-hydrogen) atoms. The largest absolute Gasteiger partial charge is 0.497 e. The number of amides is 1. The quantitative estimate of drug-likeness (QED) is 0.383. The molecular weight excluding hydrogens is 514 g/mol. The highest BCUT2D eigenvalue weighted by Gasteiger charge is 2.32. The van der Waals surface area contributed by atoms with Crippen LogP contribution < -0.4 is 34.4 Å². The zero-order chi connectivity index (χ0) is 27.5. The first kappa shape index (κ1) is 26.0. The van der Waals surface area contributed by atoms with Gasteiger partial charge < -0.3 is 19.5 Å². The van der Waals surface area contributed by atoms with E-state index in [4.69, 9.17) is 19.2 Å². The zero-order valence-electron chi connectivity index (χ0n) is 21.9. The number of methoxy groups -OCH3 is 3. The van der Waals surface area contributed by atoms with Crippen molar-refractivity contribution >= 4 is 29.0 Å². The summed E-state index contributed by atoms with van der Waals surface area (Å²) in [5.74, 6) is 1.53. The summed E-state index contributed by atoms with van der Waals surface area (Å²) in [5, 5.41) is 2.96. The van der Waals surface area contributed by atoms with E-state index in [0.29, 0.717) is 49.1 Å². The Balaban J connectivity index is 1.70.